The average molecular weight is 256 g/mol. The molecule has 1 heterocycles. The van der Waals surface area contributed by atoms with Crippen LogP contribution in [0.15, 0.2) is 35.1 Å². The zero-order chi connectivity index (χ0) is 14.0. The largest absolute Gasteiger partial charge is 0.284 e. The van der Waals surface area contributed by atoms with Crippen molar-refractivity contribution < 1.29 is 4.92 Å². The molecule has 2 aromatic rings. The fourth-order valence-electron chi connectivity index (χ4n) is 1.58. The van der Waals surface area contributed by atoms with Gasteiger partial charge in [0, 0.05) is 24.7 Å². The first-order chi connectivity index (χ1) is 9.02. The lowest BCUT2D eigenvalue weighted by atomic mass is 10.1. The second-order valence-corrected chi connectivity index (χ2v) is 3.79. The minimum Gasteiger partial charge on any atom is -0.266 e. The predicted octanol–water partition coefficient (Wildman–Crippen LogP) is 1.23. The van der Waals surface area contributed by atoms with Crippen LogP contribution in [0.5, 0.6) is 0 Å². The molecule has 0 saturated heterocycles. The molecule has 7 heteroatoms. The Kier molecular flexibility index (Phi) is 3.08. The quantitative estimate of drug-likeness (QED) is 0.593. The van der Waals surface area contributed by atoms with E-state index in [9.17, 15) is 14.9 Å². The van der Waals surface area contributed by atoms with E-state index in [0.717, 1.165) is 4.68 Å². The van der Waals surface area contributed by atoms with Crippen LogP contribution in [0.3, 0.4) is 0 Å². The van der Waals surface area contributed by atoms with Gasteiger partial charge in [0.2, 0.25) is 0 Å². The molecule has 0 bridgehead atoms. The van der Waals surface area contributed by atoms with E-state index in [1.807, 2.05) is 0 Å². The Labute approximate surface area is 107 Å². The van der Waals surface area contributed by atoms with Crippen LogP contribution in [0.4, 0.5) is 5.69 Å². The van der Waals surface area contributed by atoms with Crippen molar-refractivity contribution in [3.05, 3.63) is 56.4 Å². The maximum Gasteiger partial charge on any atom is 0.284 e. The number of hydrogen-bond donors (Lipinski definition) is 0. The highest BCUT2D eigenvalue weighted by atomic mass is 16.6. The number of hydrogen-bond acceptors (Lipinski definition) is 5. The molecule has 0 atom stereocenters. The normalized spacial score (nSPS) is 9.89. The van der Waals surface area contributed by atoms with Crippen molar-refractivity contribution in [1.29, 1.82) is 5.26 Å². The monoisotopic (exact) mass is 256 g/mol. The van der Waals surface area contributed by atoms with Crippen LogP contribution in [-0.2, 0) is 7.05 Å². The van der Waals surface area contributed by atoms with E-state index in [4.69, 9.17) is 5.26 Å². The number of non-ortho nitro benzene ring substituents is 1. The highest BCUT2D eigenvalue weighted by molar-refractivity contribution is 5.61. The van der Waals surface area contributed by atoms with Crippen molar-refractivity contribution >= 4 is 5.69 Å². The number of rotatable bonds is 2. The van der Waals surface area contributed by atoms with Crippen molar-refractivity contribution in [2.45, 2.75) is 0 Å². The van der Waals surface area contributed by atoms with Gasteiger partial charge in [-0.05, 0) is 18.2 Å². The smallest absolute Gasteiger partial charge is 0.266 e. The van der Waals surface area contributed by atoms with Crippen LogP contribution in [-0.4, -0.2) is 14.7 Å². The first kappa shape index (κ1) is 12.4. The number of nitriles is 1. The molecular weight excluding hydrogens is 248 g/mol. The lowest BCUT2D eigenvalue weighted by Gasteiger charge is -2.03. The van der Waals surface area contributed by atoms with Crippen molar-refractivity contribution in [3.8, 4) is 17.3 Å². The Morgan fingerprint density at radius 2 is 2.00 bits per heavy atom. The van der Waals surface area contributed by atoms with Gasteiger partial charge in [-0.2, -0.15) is 10.4 Å². The van der Waals surface area contributed by atoms with Crippen molar-refractivity contribution in [3.63, 3.8) is 0 Å². The van der Waals surface area contributed by atoms with E-state index in [-0.39, 0.29) is 11.3 Å². The van der Waals surface area contributed by atoms with Crippen LogP contribution in [0.2, 0.25) is 0 Å². The zero-order valence-electron chi connectivity index (χ0n) is 9.90. The maximum absolute atomic E-state index is 11.5. The summed E-state index contributed by atoms with van der Waals surface area (Å²) >= 11 is 0. The summed E-state index contributed by atoms with van der Waals surface area (Å²) in [5.74, 6) is 0. The number of nitro benzene ring substituents is 1. The second kappa shape index (κ2) is 4.70. The molecule has 0 radical (unpaired) electrons. The lowest BCUT2D eigenvalue weighted by Crippen LogP contribution is -2.22. The first-order valence-electron chi connectivity index (χ1n) is 5.26. The van der Waals surface area contributed by atoms with E-state index in [1.165, 1.54) is 37.4 Å². The number of benzene rings is 1. The summed E-state index contributed by atoms with van der Waals surface area (Å²) in [6, 6.07) is 8.88. The summed E-state index contributed by atoms with van der Waals surface area (Å²) in [5, 5.41) is 23.4. The average Bonchev–Trinajstić information content (AvgIpc) is 2.41. The van der Waals surface area contributed by atoms with Gasteiger partial charge in [-0.25, -0.2) is 4.68 Å². The molecule has 2 rings (SSSR count). The van der Waals surface area contributed by atoms with Crippen LogP contribution in [0.25, 0.3) is 11.3 Å². The van der Waals surface area contributed by atoms with Gasteiger partial charge in [-0.15, -0.1) is 0 Å². The topological polar surface area (TPSA) is 102 Å². The molecular formula is C12H8N4O3. The molecule has 0 amide bonds. The molecule has 94 valence electrons. The van der Waals surface area contributed by atoms with E-state index >= 15 is 0 Å². The summed E-state index contributed by atoms with van der Waals surface area (Å²) in [4.78, 5) is 21.6. The van der Waals surface area contributed by atoms with Gasteiger partial charge >= 0.3 is 0 Å². The SMILES string of the molecule is Cn1nc(-c2ccc([N+](=O)[O-])cc2)cc(C#N)c1=O. The van der Waals surface area contributed by atoms with E-state index in [2.05, 4.69) is 5.10 Å². The molecule has 0 aliphatic carbocycles. The first-order valence-corrected chi connectivity index (χ1v) is 5.26. The number of nitrogens with zero attached hydrogens (tertiary/aromatic N) is 4. The summed E-state index contributed by atoms with van der Waals surface area (Å²) < 4.78 is 1.06. The summed E-state index contributed by atoms with van der Waals surface area (Å²) in [7, 11) is 1.44. The lowest BCUT2D eigenvalue weighted by molar-refractivity contribution is -0.384. The zero-order valence-corrected chi connectivity index (χ0v) is 9.90. The highest BCUT2D eigenvalue weighted by Gasteiger charge is 2.09. The Morgan fingerprint density at radius 1 is 1.37 bits per heavy atom. The van der Waals surface area contributed by atoms with Crippen LogP contribution in [0, 0.1) is 21.4 Å². The van der Waals surface area contributed by atoms with Crippen molar-refractivity contribution in [2.75, 3.05) is 0 Å². The summed E-state index contributed by atoms with van der Waals surface area (Å²) in [5.41, 5.74) is 0.472. The Hall–Kier alpha value is -3.01. The Balaban J connectivity index is 2.54. The fourth-order valence-corrected chi connectivity index (χ4v) is 1.58. The molecule has 1 aromatic heterocycles. The molecule has 0 N–H and O–H groups in total. The number of nitro groups is 1. The van der Waals surface area contributed by atoms with Gasteiger partial charge in [0.25, 0.3) is 11.2 Å². The van der Waals surface area contributed by atoms with Crippen molar-refractivity contribution in [2.24, 2.45) is 7.05 Å². The minimum absolute atomic E-state index is 0.0224. The van der Waals surface area contributed by atoms with E-state index < -0.39 is 10.5 Å². The van der Waals surface area contributed by atoms with Crippen LogP contribution in [0.1, 0.15) is 5.56 Å². The third kappa shape index (κ3) is 2.32. The van der Waals surface area contributed by atoms with Gasteiger partial charge in [0.15, 0.2) is 0 Å². The van der Waals surface area contributed by atoms with Gasteiger partial charge in [0.1, 0.15) is 11.6 Å². The molecule has 1 aromatic carbocycles. The van der Waals surface area contributed by atoms with Gasteiger partial charge < -0.3 is 0 Å². The second-order valence-electron chi connectivity index (χ2n) is 3.79. The molecule has 0 unspecified atom stereocenters. The summed E-state index contributed by atoms with van der Waals surface area (Å²) in [6.45, 7) is 0. The number of aryl methyl sites for hydroxylation is 1. The molecule has 7 nitrogen and oxygen atoms in total. The van der Waals surface area contributed by atoms with Crippen molar-refractivity contribution in [1.82, 2.24) is 9.78 Å². The Morgan fingerprint density at radius 3 is 2.53 bits per heavy atom. The summed E-state index contributed by atoms with van der Waals surface area (Å²) in [6.07, 6.45) is 0. The maximum atomic E-state index is 11.5. The van der Waals surface area contributed by atoms with Gasteiger partial charge in [-0.1, -0.05) is 0 Å². The molecule has 0 spiro atoms. The minimum atomic E-state index is -0.501. The molecule has 0 aliphatic rings. The molecule has 0 saturated carbocycles. The van der Waals surface area contributed by atoms with Crippen LogP contribution < -0.4 is 5.56 Å². The Bertz CT molecular complexity index is 741. The third-order valence-electron chi connectivity index (χ3n) is 2.56. The molecule has 19 heavy (non-hydrogen) atoms. The van der Waals surface area contributed by atoms with Gasteiger partial charge in [0.05, 0.1) is 10.6 Å². The number of aromatic nitrogens is 2. The van der Waals surface area contributed by atoms with Crippen LogP contribution >= 0.6 is 0 Å². The molecule has 0 fully saturated rings. The molecule has 0 aliphatic heterocycles. The standard InChI is InChI=1S/C12H8N4O3/c1-15-12(17)9(7-13)6-11(14-15)8-2-4-10(5-3-8)16(18)19/h2-6H,1H3. The predicted molar refractivity (Wildman–Crippen MR) is 66.3 cm³/mol. The van der Waals surface area contributed by atoms with Gasteiger partial charge in [-0.3, -0.25) is 14.9 Å². The van der Waals surface area contributed by atoms with E-state index in [0.29, 0.717) is 11.3 Å². The highest BCUT2D eigenvalue weighted by Crippen LogP contribution is 2.20. The van der Waals surface area contributed by atoms with E-state index in [1.54, 1.807) is 6.07 Å². The fraction of sp³-hybridized carbons (Fsp3) is 0.0833. The third-order valence-corrected chi connectivity index (χ3v) is 2.56.